The summed E-state index contributed by atoms with van der Waals surface area (Å²) in [6.07, 6.45) is -9.56. The van der Waals surface area contributed by atoms with Crippen LogP contribution in [0.2, 0.25) is 0 Å². The normalized spacial score (nSPS) is 31.9. The first-order chi connectivity index (χ1) is 23.1. The van der Waals surface area contributed by atoms with Crippen molar-refractivity contribution in [2.45, 2.75) is 86.5 Å². The molecule has 48 heavy (non-hydrogen) atoms. The molecule has 7 N–H and O–H groups in total. The highest BCUT2D eigenvalue weighted by Gasteiger charge is 2.47. The van der Waals surface area contributed by atoms with Gasteiger partial charge in [0, 0.05) is 36.1 Å². The molecule has 8 unspecified atom stereocenters. The molecule has 0 saturated carbocycles. The maximum Gasteiger partial charge on any atom is 0.409 e. The Kier molecular flexibility index (Phi) is 10.1. The number of fused-ring (bicyclic) bond motifs is 5. The molecule has 0 bridgehead atoms. The third kappa shape index (κ3) is 6.32. The molecule has 3 saturated heterocycles. The summed E-state index contributed by atoms with van der Waals surface area (Å²) in [6, 6.07) is 11.7. The molecule has 3 fully saturated rings. The lowest BCUT2D eigenvalue weighted by Crippen LogP contribution is -2.58. The van der Waals surface area contributed by atoms with E-state index in [2.05, 4.69) is 23.7 Å². The van der Waals surface area contributed by atoms with Gasteiger partial charge in [0.1, 0.15) is 42.7 Å². The molecule has 1 aliphatic carbocycles. The van der Waals surface area contributed by atoms with Crippen LogP contribution in [0.5, 0.6) is 0 Å². The van der Waals surface area contributed by atoms with Crippen molar-refractivity contribution in [3.05, 3.63) is 58.7 Å². The molecule has 0 radical (unpaired) electrons. The van der Waals surface area contributed by atoms with E-state index < -0.39 is 67.0 Å². The summed E-state index contributed by atoms with van der Waals surface area (Å²) in [4.78, 5) is 14.3. The van der Waals surface area contributed by atoms with Gasteiger partial charge in [-0.1, -0.05) is 35.8 Å². The molecule has 3 aliphatic heterocycles. The lowest BCUT2D eigenvalue weighted by atomic mass is 9.70. The summed E-state index contributed by atoms with van der Waals surface area (Å²) in [7, 11) is 0. The van der Waals surface area contributed by atoms with E-state index in [0.29, 0.717) is 37.1 Å². The molecular formula is C36H41NO11. The maximum atomic E-state index is 12.6. The van der Waals surface area contributed by atoms with Crippen LogP contribution in [0, 0.1) is 23.7 Å². The predicted molar refractivity (Wildman–Crippen MR) is 170 cm³/mol. The monoisotopic (exact) mass is 663 g/mol. The Bertz CT molecular complexity index is 1630. The lowest BCUT2D eigenvalue weighted by molar-refractivity contribution is -0.214. The van der Waals surface area contributed by atoms with Crippen molar-refractivity contribution in [2.24, 2.45) is 0 Å². The number of carbonyl (C=O) groups excluding carboxylic acids is 1. The van der Waals surface area contributed by atoms with Crippen LogP contribution in [0.3, 0.4) is 0 Å². The minimum atomic E-state index is -1.52. The molecule has 2 aromatic carbocycles. The quantitative estimate of drug-likeness (QED) is 0.212. The highest BCUT2D eigenvalue weighted by Crippen LogP contribution is 2.54. The van der Waals surface area contributed by atoms with Crippen molar-refractivity contribution in [3.63, 3.8) is 0 Å². The molecule has 12 nitrogen and oxygen atoms in total. The Morgan fingerprint density at radius 3 is 1.96 bits per heavy atom. The first kappa shape index (κ1) is 34.3. The van der Waals surface area contributed by atoms with Gasteiger partial charge in [0.15, 0.2) is 0 Å². The Morgan fingerprint density at radius 1 is 0.833 bits per heavy atom. The van der Waals surface area contributed by atoms with Crippen LogP contribution in [0.25, 0.3) is 11.1 Å². The molecule has 0 aromatic heterocycles. The number of aliphatic hydroxyl groups excluding tert-OH is 7. The Labute approximate surface area is 278 Å². The minimum Gasteiger partial charge on any atom is -0.450 e. The minimum absolute atomic E-state index is 0.118. The molecule has 2 aromatic rings. The summed E-state index contributed by atoms with van der Waals surface area (Å²) >= 11 is 0. The number of carbonyl (C=O) groups is 1. The number of likely N-dealkylation sites (tertiary alicyclic amines) is 1. The first-order valence-corrected chi connectivity index (χ1v) is 16.3. The molecule has 3 heterocycles. The van der Waals surface area contributed by atoms with Gasteiger partial charge >= 0.3 is 6.09 Å². The summed E-state index contributed by atoms with van der Waals surface area (Å²) in [5.74, 6) is 11.9. The smallest absolute Gasteiger partial charge is 0.409 e. The average Bonchev–Trinajstić information content (AvgIpc) is 3.35. The first-order valence-electron chi connectivity index (χ1n) is 16.3. The SMILES string of the molecule is CCOC(=O)N1CCC2(CC1)c1cc(C#CC3OC(CO)CC(O)C3O)ccc1-c1ccc(C#CC3OC(CO)[C@@H](O)C(O)C3O)cc12. The molecule has 4 aliphatic rings. The fourth-order valence-corrected chi connectivity index (χ4v) is 7.20. The number of piperidine rings is 1. The Morgan fingerprint density at radius 2 is 1.42 bits per heavy atom. The Balaban J connectivity index is 1.34. The topological polar surface area (TPSA) is 190 Å². The van der Waals surface area contributed by atoms with Crippen LogP contribution in [-0.4, -0.2) is 135 Å². The van der Waals surface area contributed by atoms with E-state index in [9.17, 15) is 40.5 Å². The lowest BCUT2D eigenvalue weighted by Gasteiger charge is -2.40. The van der Waals surface area contributed by atoms with E-state index >= 15 is 0 Å². The number of aliphatic hydroxyl groups is 7. The second-order valence-electron chi connectivity index (χ2n) is 12.7. The molecular weight excluding hydrogens is 622 g/mol. The molecule has 12 heteroatoms. The van der Waals surface area contributed by atoms with E-state index in [-0.39, 0.29) is 25.7 Å². The maximum absolute atomic E-state index is 12.6. The van der Waals surface area contributed by atoms with Gasteiger partial charge in [0.25, 0.3) is 0 Å². The standard InChI is InChI=1S/C36H41NO11/c1-2-46-35(45)37-13-11-36(12-14-37)25-15-20(5-9-28-31(41)27(40)17-22(18-38)47-28)3-7-23(25)24-8-4-21(16-26(24)36)6-10-29-32(42)34(44)33(43)30(19-39)48-29/h3-4,7-8,15-16,22,27-34,38-44H,2,11-14,17-19H2,1H3/t22?,27?,28?,29?,30?,31?,32?,33-,34?/m1/s1. The summed E-state index contributed by atoms with van der Waals surface area (Å²) in [5, 5.41) is 70.5. The van der Waals surface area contributed by atoms with Crippen LogP contribution in [0.15, 0.2) is 36.4 Å². The van der Waals surface area contributed by atoms with Crippen LogP contribution in [0.4, 0.5) is 4.79 Å². The van der Waals surface area contributed by atoms with E-state index in [1.807, 2.05) is 36.4 Å². The fraction of sp³-hybridized carbons (Fsp3) is 0.528. The van der Waals surface area contributed by atoms with Crippen molar-refractivity contribution in [1.29, 1.82) is 0 Å². The van der Waals surface area contributed by atoms with Gasteiger partial charge in [0.2, 0.25) is 0 Å². The van der Waals surface area contributed by atoms with Crippen LogP contribution in [-0.2, 0) is 19.6 Å². The van der Waals surface area contributed by atoms with Gasteiger partial charge in [-0.2, -0.15) is 0 Å². The van der Waals surface area contributed by atoms with Gasteiger partial charge in [-0.05, 0) is 66.3 Å². The van der Waals surface area contributed by atoms with Gasteiger partial charge in [0.05, 0.1) is 32.0 Å². The number of amides is 1. The predicted octanol–water partition coefficient (Wildman–Crippen LogP) is -0.378. The summed E-state index contributed by atoms with van der Waals surface area (Å²) in [6.45, 7) is 2.12. The second kappa shape index (κ2) is 14.1. The summed E-state index contributed by atoms with van der Waals surface area (Å²) < 4.78 is 16.5. The zero-order valence-electron chi connectivity index (χ0n) is 26.5. The molecule has 1 spiro atoms. The highest BCUT2D eigenvalue weighted by atomic mass is 16.6. The van der Waals surface area contributed by atoms with Gasteiger partial charge in [-0.25, -0.2) is 4.79 Å². The molecule has 1 amide bonds. The average molecular weight is 664 g/mol. The van der Waals surface area contributed by atoms with E-state index in [0.717, 1.165) is 22.3 Å². The number of rotatable bonds is 3. The zero-order valence-corrected chi connectivity index (χ0v) is 26.5. The van der Waals surface area contributed by atoms with Crippen molar-refractivity contribution >= 4 is 6.09 Å². The number of nitrogens with zero attached hydrogens (tertiary/aromatic N) is 1. The molecule has 6 rings (SSSR count). The van der Waals surface area contributed by atoms with E-state index in [1.54, 1.807) is 11.8 Å². The molecule has 256 valence electrons. The summed E-state index contributed by atoms with van der Waals surface area (Å²) in [5.41, 5.74) is 4.88. The fourth-order valence-electron chi connectivity index (χ4n) is 7.20. The number of ether oxygens (including phenoxy) is 3. The number of hydrogen-bond donors (Lipinski definition) is 7. The second-order valence-corrected chi connectivity index (χ2v) is 12.7. The number of benzene rings is 2. The Hall–Kier alpha value is -3.53. The van der Waals surface area contributed by atoms with Crippen molar-refractivity contribution in [3.8, 4) is 34.8 Å². The highest BCUT2D eigenvalue weighted by molar-refractivity contribution is 5.83. The van der Waals surface area contributed by atoms with Crippen molar-refractivity contribution in [2.75, 3.05) is 32.9 Å². The molecule has 9 atom stereocenters. The van der Waals surface area contributed by atoms with Crippen LogP contribution in [0.1, 0.15) is 48.4 Å². The zero-order chi connectivity index (χ0) is 34.2. The van der Waals surface area contributed by atoms with Crippen LogP contribution < -0.4 is 0 Å². The third-order valence-corrected chi connectivity index (χ3v) is 9.86. The van der Waals surface area contributed by atoms with E-state index in [1.165, 1.54) is 0 Å². The number of hydrogen-bond acceptors (Lipinski definition) is 11. The van der Waals surface area contributed by atoms with Crippen molar-refractivity contribution < 1.29 is 54.8 Å². The largest absolute Gasteiger partial charge is 0.450 e. The van der Waals surface area contributed by atoms with Gasteiger partial charge in [-0.15, -0.1) is 0 Å². The van der Waals surface area contributed by atoms with Crippen LogP contribution >= 0.6 is 0 Å². The van der Waals surface area contributed by atoms with Gasteiger partial charge in [-0.3, -0.25) is 0 Å². The van der Waals surface area contributed by atoms with Gasteiger partial charge < -0.3 is 54.9 Å². The van der Waals surface area contributed by atoms with Crippen molar-refractivity contribution in [1.82, 2.24) is 4.90 Å². The van der Waals surface area contributed by atoms with E-state index in [4.69, 9.17) is 14.2 Å². The third-order valence-electron chi connectivity index (χ3n) is 9.86.